The lowest BCUT2D eigenvalue weighted by molar-refractivity contribution is 0.311. The van der Waals surface area contributed by atoms with Crippen LogP contribution in [0.5, 0.6) is 0 Å². The molecule has 0 radical (unpaired) electrons. The predicted octanol–water partition coefficient (Wildman–Crippen LogP) is 4.28. The summed E-state index contributed by atoms with van der Waals surface area (Å²) in [5, 5.41) is 0. The number of benzene rings is 2. The molecular weight excluding hydrogens is 324 g/mol. The van der Waals surface area contributed by atoms with Crippen molar-refractivity contribution in [3.8, 4) is 0 Å². The first kappa shape index (κ1) is 16.2. The fourth-order valence-corrected chi connectivity index (χ4v) is 2.76. The highest BCUT2D eigenvalue weighted by Crippen LogP contribution is 2.19. The third-order valence-electron chi connectivity index (χ3n) is 3.67. The van der Waals surface area contributed by atoms with Crippen molar-refractivity contribution in [2.45, 2.75) is 25.9 Å². The Kier molecular flexibility index (Phi) is 5.97. The summed E-state index contributed by atoms with van der Waals surface area (Å²) >= 11 is 3.49. The number of hydrogen-bond acceptors (Lipinski definition) is 2. The Hall–Kier alpha value is -1.16. The van der Waals surface area contributed by atoms with Crippen molar-refractivity contribution in [3.05, 3.63) is 69.7 Å². The van der Waals surface area contributed by atoms with E-state index in [1.807, 2.05) is 12.1 Å². The zero-order valence-corrected chi connectivity index (χ0v) is 14.3. The van der Waals surface area contributed by atoms with Crippen LogP contribution in [-0.2, 0) is 6.54 Å². The van der Waals surface area contributed by atoms with E-state index in [9.17, 15) is 0 Å². The van der Waals surface area contributed by atoms with E-state index in [1.165, 1.54) is 16.7 Å². The van der Waals surface area contributed by atoms with Crippen LogP contribution in [0.1, 0.15) is 29.2 Å². The zero-order chi connectivity index (χ0) is 15.2. The fraction of sp³-hybridized carbons (Fsp3) is 0.333. The van der Waals surface area contributed by atoms with E-state index in [0.29, 0.717) is 0 Å². The Morgan fingerprint density at radius 3 is 2.52 bits per heavy atom. The highest BCUT2D eigenvalue weighted by atomic mass is 79.9. The Morgan fingerprint density at radius 2 is 1.86 bits per heavy atom. The molecule has 0 spiro atoms. The van der Waals surface area contributed by atoms with E-state index in [4.69, 9.17) is 5.73 Å². The van der Waals surface area contributed by atoms with Crippen LogP contribution in [0, 0.1) is 6.92 Å². The maximum absolute atomic E-state index is 6.28. The van der Waals surface area contributed by atoms with E-state index in [2.05, 4.69) is 71.2 Å². The number of hydrogen-bond donors (Lipinski definition) is 1. The van der Waals surface area contributed by atoms with E-state index < -0.39 is 0 Å². The van der Waals surface area contributed by atoms with Gasteiger partial charge in [0.05, 0.1) is 0 Å². The summed E-state index contributed by atoms with van der Waals surface area (Å²) in [4.78, 5) is 2.32. The molecule has 21 heavy (non-hydrogen) atoms. The molecule has 3 heteroatoms. The first-order valence-electron chi connectivity index (χ1n) is 7.30. The Morgan fingerprint density at radius 1 is 1.14 bits per heavy atom. The van der Waals surface area contributed by atoms with Crippen LogP contribution < -0.4 is 5.73 Å². The minimum absolute atomic E-state index is 0.0861. The van der Waals surface area contributed by atoms with Crippen molar-refractivity contribution in [1.82, 2.24) is 4.90 Å². The molecule has 2 nitrogen and oxygen atoms in total. The molecule has 0 aliphatic heterocycles. The van der Waals surface area contributed by atoms with Crippen LogP contribution >= 0.6 is 15.9 Å². The highest BCUT2D eigenvalue weighted by molar-refractivity contribution is 9.10. The molecular formula is C18H23BrN2. The molecule has 0 amide bonds. The summed E-state index contributed by atoms with van der Waals surface area (Å²) in [5.41, 5.74) is 10.1. The monoisotopic (exact) mass is 346 g/mol. The highest BCUT2D eigenvalue weighted by Gasteiger charge is 2.08. The molecule has 2 aromatic carbocycles. The van der Waals surface area contributed by atoms with Gasteiger partial charge < -0.3 is 10.6 Å². The molecule has 0 saturated heterocycles. The van der Waals surface area contributed by atoms with Crippen molar-refractivity contribution >= 4 is 15.9 Å². The molecule has 1 unspecified atom stereocenters. The number of halogens is 1. The molecule has 0 aliphatic carbocycles. The van der Waals surface area contributed by atoms with Crippen molar-refractivity contribution in [2.75, 3.05) is 13.6 Å². The number of aryl methyl sites for hydroxylation is 1. The molecule has 0 saturated carbocycles. The third-order valence-corrected chi connectivity index (χ3v) is 4.16. The second kappa shape index (κ2) is 7.74. The number of rotatable bonds is 6. The van der Waals surface area contributed by atoms with Gasteiger partial charge in [0.25, 0.3) is 0 Å². The van der Waals surface area contributed by atoms with Gasteiger partial charge in [0.15, 0.2) is 0 Å². The van der Waals surface area contributed by atoms with Crippen molar-refractivity contribution in [1.29, 1.82) is 0 Å². The summed E-state index contributed by atoms with van der Waals surface area (Å²) in [6.07, 6.45) is 0.957. The molecule has 0 heterocycles. The predicted molar refractivity (Wildman–Crippen MR) is 93.2 cm³/mol. The van der Waals surface area contributed by atoms with Gasteiger partial charge in [0, 0.05) is 17.1 Å². The van der Waals surface area contributed by atoms with Gasteiger partial charge in [0.2, 0.25) is 0 Å². The van der Waals surface area contributed by atoms with Crippen molar-refractivity contribution < 1.29 is 0 Å². The van der Waals surface area contributed by atoms with Crippen molar-refractivity contribution in [3.63, 3.8) is 0 Å². The summed E-state index contributed by atoms with van der Waals surface area (Å²) in [6, 6.07) is 17.1. The van der Waals surface area contributed by atoms with Crippen LogP contribution in [0.4, 0.5) is 0 Å². The van der Waals surface area contributed by atoms with E-state index in [0.717, 1.165) is 24.0 Å². The summed E-state index contributed by atoms with van der Waals surface area (Å²) < 4.78 is 1.09. The lowest BCUT2D eigenvalue weighted by Gasteiger charge is -2.20. The molecule has 1 atom stereocenters. The van der Waals surface area contributed by atoms with Crippen LogP contribution in [0.25, 0.3) is 0 Å². The van der Waals surface area contributed by atoms with E-state index >= 15 is 0 Å². The largest absolute Gasteiger partial charge is 0.324 e. The lowest BCUT2D eigenvalue weighted by atomic mass is 10.0. The Bertz CT molecular complexity index is 566. The quantitative estimate of drug-likeness (QED) is 0.845. The van der Waals surface area contributed by atoms with Gasteiger partial charge in [0.1, 0.15) is 0 Å². The normalized spacial score (nSPS) is 12.6. The Labute approximate surface area is 136 Å². The third kappa shape index (κ3) is 5.27. The molecule has 0 aliphatic rings. The number of nitrogens with zero attached hydrogens (tertiary/aromatic N) is 1. The van der Waals surface area contributed by atoms with Crippen LogP contribution in [-0.4, -0.2) is 18.5 Å². The fourth-order valence-electron chi connectivity index (χ4n) is 2.35. The van der Waals surface area contributed by atoms with Crippen LogP contribution in [0.3, 0.4) is 0 Å². The average Bonchev–Trinajstić information content (AvgIpc) is 2.47. The average molecular weight is 347 g/mol. The molecule has 112 valence electrons. The summed E-state index contributed by atoms with van der Waals surface area (Å²) in [6.45, 7) is 4.07. The minimum atomic E-state index is 0.0861. The SMILES string of the molecule is Cc1ccc(CN(C)CCC(N)c2cccc(Br)c2)cc1. The minimum Gasteiger partial charge on any atom is -0.324 e. The van der Waals surface area contributed by atoms with Crippen LogP contribution in [0.2, 0.25) is 0 Å². The van der Waals surface area contributed by atoms with Gasteiger partial charge in [-0.1, -0.05) is 57.9 Å². The van der Waals surface area contributed by atoms with Crippen LogP contribution in [0.15, 0.2) is 53.0 Å². The van der Waals surface area contributed by atoms with E-state index in [1.54, 1.807) is 0 Å². The van der Waals surface area contributed by atoms with Gasteiger partial charge in [-0.15, -0.1) is 0 Å². The molecule has 2 aromatic rings. The topological polar surface area (TPSA) is 29.3 Å². The van der Waals surface area contributed by atoms with Gasteiger partial charge in [-0.05, 0) is 50.2 Å². The smallest absolute Gasteiger partial charge is 0.0307 e. The lowest BCUT2D eigenvalue weighted by Crippen LogP contribution is -2.23. The molecule has 0 fully saturated rings. The second-order valence-corrected chi connectivity index (χ2v) is 6.59. The van der Waals surface area contributed by atoms with Gasteiger partial charge >= 0.3 is 0 Å². The van der Waals surface area contributed by atoms with Gasteiger partial charge in [-0.25, -0.2) is 0 Å². The maximum Gasteiger partial charge on any atom is 0.0307 e. The first-order valence-corrected chi connectivity index (χ1v) is 8.09. The zero-order valence-electron chi connectivity index (χ0n) is 12.7. The molecule has 0 bridgehead atoms. The second-order valence-electron chi connectivity index (χ2n) is 5.67. The summed E-state index contributed by atoms with van der Waals surface area (Å²) in [7, 11) is 2.15. The summed E-state index contributed by atoms with van der Waals surface area (Å²) in [5.74, 6) is 0. The molecule has 0 aromatic heterocycles. The molecule has 2 rings (SSSR count). The maximum atomic E-state index is 6.28. The standard InChI is InChI=1S/C18H23BrN2/c1-14-6-8-15(9-7-14)13-21(2)11-10-18(20)16-4-3-5-17(19)12-16/h3-9,12,18H,10-11,13,20H2,1-2H3. The van der Waals surface area contributed by atoms with Gasteiger partial charge in [-0.3, -0.25) is 0 Å². The van der Waals surface area contributed by atoms with Gasteiger partial charge in [-0.2, -0.15) is 0 Å². The van der Waals surface area contributed by atoms with E-state index in [-0.39, 0.29) is 6.04 Å². The first-order chi connectivity index (χ1) is 10.0. The number of nitrogens with two attached hydrogens (primary N) is 1. The molecule has 2 N–H and O–H groups in total. The van der Waals surface area contributed by atoms with Crippen molar-refractivity contribution in [2.24, 2.45) is 5.73 Å². The Balaban J connectivity index is 1.83.